The summed E-state index contributed by atoms with van der Waals surface area (Å²) >= 11 is 5.64. The number of esters is 1. The molecule has 0 bridgehead atoms. The van der Waals surface area contributed by atoms with Gasteiger partial charge in [-0.2, -0.15) is 0 Å². The van der Waals surface area contributed by atoms with Crippen LogP contribution in [0.5, 0.6) is 0 Å². The van der Waals surface area contributed by atoms with Crippen molar-refractivity contribution in [3.63, 3.8) is 0 Å². The summed E-state index contributed by atoms with van der Waals surface area (Å²) in [6.07, 6.45) is 4.83. The molecule has 4 heteroatoms. The first-order chi connectivity index (χ1) is 5.24. The highest BCUT2D eigenvalue weighted by molar-refractivity contribution is 6.21. The van der Waals surface area contributed by atoms with Crippen LogP contribution in [0.15, 0.2) is 23.9 Å². The van der Waals surface area contributed by atoms with Crippen LogP contribution < -0.4 is 5.32 Å². The first-order valence-electron chi connectivity index (χ1n) is 3.11. The molecule has 1 unspecified atom stereocenters. The summed E-state index contributed by atoms with van der Waals surface area (Å²) in [6, 6.07) is 0. The number of alkyl halides is 1. The third-order valence-electron chi connectivity index (χ3n) is 1.26. The topological polar surface area (TPSA) is 38.3 Å². The van der Waals surface area contributed by atoms with Crippen LogP contribution in [0, 0.1) is 0 Å². The molecule has 3 nitrogen and oxygen atoms in total. The molecule has 11 heavy (non-hydrogen) atoms. The summed E-state index contributed by atoms with van der Waals surface area (Å²) < 4.78 is 4.48. The van der Waals surface area contributed by atoms with E-state index in [1.165, 1.54) is 13.3 Å². The first kappa shape index (κ1) is 8.14. The van der Waals surface area contributed by atoms with Gasteiger partial charge in [0.15, 0.2) is 0 Å². The lowest BCUT2D eigenvalue weighted by atomic mass is 10.2. The fraction of sp³-hybridized carbons (Fsp3) is 0.286. The zero-order chi connectivity index (χ0) is 8.27. The minimum Gasteiger partial charge on any atom is -0.465 e. The van der Waals surface area contributed by atoms with Crippen LogP contribution in [-0.4, -0.2) is 18.6 Å². The van der Waals surface area contributed by atoms with Gasteiger partial charge in [-0.15, -0.1) is 0 Å². The molecule has 0 saturated heterocycles. The summed E-state index contributed by atoms with van der Waals surface area (Å²) in [5.41, 5.74) is 0.243. The fourth-order valence-electron chi connectivity index (χ4n) is 0.706. The second-order valence-electron chi connectivity index (χ2n) is 2.02. The molecule has 1 N–H and O–H groups in total. The van der Waals surface area contributed by atoms with E-state index in [1.54, 1.807) is 12.2 Å². The normalized spacial score (nSPS) is 22.0. The van der Waals surface area contributed by atoms with Gasteiger partial charge >= 0.3 is 5.97 Å². The molecule has 0 aromatic rings. The maximum absolute atomic E-state index is 10.8. The highest BCUT2D eigenvalue weighted by Gasteiger charge is 2.10. The van der Waals surface area contributed by atoms with E-state index in [4.69, 9.17) is 11.6 Å². The third kappa shape index (κ3) is 1.98. The van der Waals surface area contributed by atoms with Crippen LogP contribution in [0.3, 0.4) is 0 Å². The van der Waals surface area contributed by atoms with E-state index in [0.717, 1.165) is 0 Å². The van der Waals surface area contributed by atoms with Crippen molar-refractivity contribution in [3.8, 4) is 0 Å². The highest BCUT2D eigenvalue weighted by Crippen LogP contribution is 2.07. The van der Waals surface area contributed by atoms with Gasteiger partial charge in [0.05, 0.1) is 12.7 Å². The van der Waals surface area contributed by atoms with Crippen molar-refractivity contribution in [1.82, 2.24) is 5.32 Å². The number of rotatable bonds is 1. The molecule has 0 radical (unpaired) electrons. The zero-order valence-electron chi connectivity index (χ0n) is 6.00. The lowest BCUT2D eigenvalue weighted by Gasteiger charge is -2.10. The monoisotopic (exact) mass is 173 g/mol. The number of dihydropyridines is 1. The molecule has 0 aliphatic carbocycles. The summed E-state index contributed by atoms with van der Waals surface area (Å²) in [5.74, 6) is -0.364. The zero-order valence-corrected chi connectivity index (χ0v) is 6.76. The number of ether oxygens (including phenoxy) is 1. The Morgan fingerprint density at radius 2 is 2.55 bits per heavy atom. The number of hydrogen-bond acceptors (Lipinski definition) is 3. The average Bonchev–Trinajstić information content (AvgIpc) is 2.05. The van der Waals surface area contributed by atoms with Gasteiger partial charge in [-0.05, 0) is 12.2 Å². The molecular weight excluding hydrogens is 166 g/mol. The van der Waals surface area contributed by atoms with E-state index >= 15 is 0 Å². The predicted molar refractivity (Wildman–Crippen MR) is 42.0 cm³/mol. The summed E-state index contributed by atoms with van der Waals surface area (Å²) in [5, 5.41) is 2.76. The fourth-order valence-corrected chi connectivity index (χ4v) is 0.842. The van der Waals surface area contributed by atoms with Crippen LogP contribution in [0.4, 0.5) is 0 Å². The first-order valence-corrected chi connectivity index (χ1v) is 3.54. The quantitative estimate of drug-likeness (QED) is 0.362. The minimum atomic E-state index is -0.364. The molecular formula is C7H8ClNO2. The van der Waals surface area contributed by atoms with Gasteiger partial charge in [0.25, 0.3) is 0 Å². The van der Waals surface area contributed by atoms with Crippen molar-refractivity contribution in [1.29, 1.82) is 0 Å². The lowest BCUT2D eigenvalue weighted by Crippen LogP contribution is -2.21. The van der Waals surface area contributed by atoms with E-state index in [1.807, 2.05) is 0 Å². The molecule has 0 fully saturated rings. The number of hydrogen-bond donors (Lipinski definition) is 1. The Morgan fingerprint density at radius 1 is 1.82 bits per heavy atom. The van der Waals surface area contributed by atoms with E-state index in [9.17, 15) is 4.79 Å². The summed E-state index contributed by atoms with van der Waals surface area (Å²) in [7, 11) is 1.34. The second kappa shape index (κ2) is 3.44. The predicted octanol–water partition coefficient (Wildman–Crippen LogP) is 0.768. The Kier molecular flexibility index (Phi) is 2.54. The highest BCUT2D eigenvalue weighted by atomic mass is 35.5. The number of carbonyl (C=O) groups excluding carboxylic acids is 1. The Balaban J connectivity index is 2.63. The van der Waals surface area contributed by atoms with Gasteiger partial charge in [0.1, 0.15) is 5.50 Å². The molecule has 60 valence electrons. The van der Waals surface area contributed by atoms with E-state index in [-0.39, 0.29) is 11.5 Å². The number of nitrogens with one attached hydrogen (secondary N) is 1. The summed E-state index contributed by atoms with van der Waals surface area (Å²) in [4.78, 5) is 10.8. The van der Waals surface area contributed by atoms with Crippen molar-refractivity contribution in [2.24, 2.45) is 0 Å². The Morgan fingerprint density at radius 3 is 3.00 bits per heavy atom. The average molecular weight is 174 g/mol. The van der Waals surface area contributed by atoms with Crippen molar-refractivity contribution < 1.29 is 9.53 Å². The summed E-state index contributed by atoms with van der Waals surface area (Å²) in [6.45, 7) is 0. The second-order valence-corrected chi connectivity index (χ2v) is 2.49. The SMILES string of the molecule is COC(=O)C1=CNC(Cl)C=C1. The molecule has 1 heterocycles. The molecule has 0 amide bonds. The van der Waals surface area contributed by atoms with Crippen LogP contribution >= 0.6 is 11.6 Å². The minimum absolute atomic E-state index is 0.233. The molecule has 0 aromatic carbocycles. The maximum atomic E-state index is 10.8. The molecule has 0 aromatic heterocycles. The molecule has 1 atom stereocenters. The van der Waals surface area contributed by atoms with Gasteiger partial charge in [0, 0.05) is 6.20 Å². The largest absolute Gasteiger partial charge is 0.465 e. The van der Waals surface area contributed by atoms with Crippen LogP contribution in [0.1, 0.15) is 0 Å². The van der Waals surface area contributed by atoms with Crippen molar-refractivity contribution in [2.75, 3.05) is 7.11 Å². The van der Waals surface area contributed by atoms with Crippen molar-refractivity contribution >= 4 is 17.6 Å². The lowest BCUT2D eigenvalue weighted by molar-refractivity contribution is -0.135. The number of methoxy groups -OCH3 is 1. The van der Waals surface area contributed by atoms with E-state index < -0.39 is 0 Å². The molecule has 0 spiro atoms. The van der Waals surface area contributed by atoms with Gasteiger partial charge < -0.3 is 10.1 Å². The van der Waals surface area contributed by atoms with Gasteiger partial charge in [0.2, 0.25) is 0 Å². The third-order valence-corrected chi connectivity index (χ3v) is 1.54. The number of carbonyl (C=O) groups is 1. The molecule has 1 rings (SSSR count). The molecule has 1 aliphatic rings. The van der Waals surface area contributed by atoms with Crippen molar-refractivity contribution in [3.05, 3.63) is 23.9 Å². The van der Waals surface area contributed by atoms with Crippen LogP contribution in [0.2, 0.25) is 0 Å². The standard InChI is InChI=1S/C7H8ClNO2/c1-11-7(10)5-2-3-6(8)9-4-5/h2-4,6,9H,1H3. The maximum Gasteiger partial charge on any atom is 0.339 e. The van der Waals surface area contributed by atoms with Gasteiger partial charge in [-0.25, -0.2) is 4.79 Å². The molecule has 0 saturated carbocycles. The Hall–Kier alpha value is -0.960. The van der Waals surface area contributed by atoms with E-state index in [0.29, 0.717) is 5.57 Å². The van der Waals surface area contributed by atoms with Crippen molar-refractivity contribution in [2.45, 2.75) is 5.50 Å². The molecule has 1 aliphatic heterocycles. The van der Waals surface area contributed by atoms with Gasteiger partial charge in [-0.3, -0.25) is 0 Å². The Bertz CT molecular complexity index is 222. The van der Waals surface area contributed by atoms with Crippen LogP contribution in [-0.2, 0) is 9.53 Å². The number of halogens is 1. The van der Waals surface area contributed by atoms with Crippen LogP contribution in [0.25, 0.3) is 0 Å². The smallest absolute Gasteiger partial charge is 0.339 e. The Labute approximate surface area is 69.7 Å². The van der Waals surface area contributed by atoms with Gasteiger partial charge in [-0.1, -0.05) is 11.6 Å². The van der Waals surface area contributed by atoms with E-state index in [2.05, 4.69) is 10.1 Å².